The Hall–Kier alpha value is -0.590. The minimum Gasteiger partial charge on any atom is -0.295 e. The van der Waals surface area contributed by atoms with Crippen LogP contribution in [0.3, 0.4) is 0 Å². The summed E-state index contributed by atoms with van der Waals surface area (Å²) in [7, 11) is 0. The SMILES string of the molecule is CCCC/C=C\C(=O)C(C)C. The molecule has 64 valence electrons. The van der Waals surface area contributed by atoms with Gasteiger partial charge >= 0.3 is 0 Å². The van der Waals surface area contributed by atoms with Gasteiger partial charge in [-0.15, -0.1) is 0 Å². The molecule has 0 aromatic rings. The first kappa shape index (κ1) is 10.4. The Labute approximate surface area is 69.5 Å². The molecular formula is C10H18O. The van der Waals surface area contributed by atoms with Gasteiger partial charge in [0.05, 0.1) is 0 Å². The summed E-state index contributed by atoms with van der Waals surface area (Å²) in [6, 6.07) is 0. The Morgan fingerprint density at radius 2 is 2.09 bits per heavy atom. The smallest absolute Gasteiger partial charge is 0.157 e. The van der Waals surface area contributed by atoms with E-state index in [1.165, 1.54) is 12.8 Å². The van der Waals surface area contributed by atoms with E-state index in [1.807, 2.05) is 19.9 Å². The number of hydrogen-bond donors (Lipinski definition) is 0. The Balaban J connectivity index is 3.49. The zero-order valence-corrected chi connectivity index (χ0v) is 7.76. The Morgan fingerprint density at radius 1 is 1.45 bits per heavy atom. The molecule has 0 aromatic carbocycles. The third-order valence-electron chi connectivity index (χ3n) is 1.58. The van der Waals surface area contributed by atoms with Crippen LogP contribution in [0.2, 0.25) is 0 Å². The second kappa shape index (κ2) is 6.14. The van der Waals surface area contributed by atoms with Crippen molar-refractivity contribution in [1.82, 2.24) is 0 Å². The van der Waals surface area contributed by atoms with E-state index >= 15 is 0 Å². The van der Waals surface area contributed by atoms with Crippen LogP contribution in [0.5, 0.6) is 0 Å². The van der Waals surface area contributed by atoms with Gasteiger partial charge in [-0.1, -0.05) is 39.7 Å². The van der Waals surface area contributed by atoms with E-state index in [0.717, 1.165) is 6.42 Å². The number of carbonyl (C=O) groups excluding carboxylic acids is 1. The summed E-state index contributed by atoms with van der Waals surface area (Å²) in [5.41, 5.74) is 0. The van der Waals surface area contributed by atoms with Crippen molar-refractivity contribution in [2.24, 2.45) is 5.92 Å². The lowest BCUT2D eigenvalue weighted by atomic mass is 10.1. The van der Waals surface area contributed by atoms with Crippen LogP contribution >= 0.6 is 0 Å². The van der Waals surface area contributed by atoms with Crippen molar-refractivity contribution in [1.29, 1.82) is 0 Å². The molecule has 0 saturated heterocycles. The maximum Gasteiger partial charge on any atom is 0.157 e. The normalized spacial score (nSPS) is 11.3. The summed E-state index contributed by atoms with van der Waals surface area (Å²) in [4.78, 5) is 11.0. The van der Waals surface area contributed by atoms with Crippen molar-refractivity contribution in [3.8, 4) is 0 Å². The summed E-state index contributed by atoms with van der Waals surface area (Å²) in [5.74, 6) is 0.383. The highest BCUT2D eigenvalue weighted by atomic mass is 16.1. The van der Waals surface area contributed by atoms with E-state index in [9.17, 15) is 4.79 Å². The van der Waals surface area contributed by atoms with Crippen LogP contribution in [0, 0.1) is 5.92 Å². The Morgan fingerprint density at radius 3 is 2.55 bits per heavy atom. The number of rotatable bonds is 5. The highest BCUT2D eigenvalue weighted by molar-refractivity contribution is 5.91. The van der Waals surface area contributed by atoms with Gasteiger partial charge in [0.1, 0.15) is 0 Å². The molecule has 0 saturated carbocycles. The molecule has 1 heteroatoms. The second-order valence-corrected chi connectivity index (χ2v) is 3.10. The number of unbranched alkanes of at least 4 members (excludes halogenated alkanes) is 2. The molecule has 0 atom stereocenters. The first-order chi connectivity index (χ1) is 5.18. The maximum absolute atomic E-state index is 11.0. The first-order valence-electron chi connectivity index (χ1n) is 4.38. The minimum absolute atomic E-state index is 0.146. The molecule has 0 N–H and O–H groups in total. The van der Waals surface area contributed by atoms with Crippen LogP contribution < -0.4 is 0 Å². The van der Waals surface area contributed by atoms with Crippen molar-refractivity contribution >= 4 is 5.78 Å². The van der Waals surface area contributed by atoms with E-state index in [1.54, 1.807) is 6.08 Å². The summed E-state index contributed by atoms with van der Waals surface area (Å²) in [5, 5.41) is 0. The van der Waals surface area contributed by atoms with Crippen molar-refractivity contribution in [3.63, 3.8) is 0 Å². The van der Waals surface area contributed by atoms with Gasteiger partial charge in [-0.2, -0.15) is 0 Å². The summed E-state index contributed by atoms with van der Waals surface area (Å²) >= 11 is 0. The molecule has 0 aliphatic carbocycles. The van der Waals surface area contributed by atoms with Crippen LogP contribution in [-0.2, 0) is 4.79 Å². The first-order valence-corrected chi connectivity index (χ1v) is 4.38. The molecular weight excluding hydrogens is 136 g/mol. The van der Waals surface area contributed by atoms with E-state index < -0.39 is 0 Å². The molecule has 0 heterocycles. The van der Waals surface area contributed by atoms with Crippen LogP contribution in [-0.4, -0.2) is 5.78 Å². The number of carbonyl (C=O) groups is 1. The molecule has 11 heavy (non-hydrogen) atoms. The van der Waals surface area contributed by atoms with Gasteiger partial charge in [0.15, 0.2) is 5.78 Å². The topological polar surface area (TPSA) is 17.1 Å². The van der Waals surface area contributed by atoms with Crippen LogP contribution in [0.15, 0.2) is 12.2 Å². The van der Waals surface area contributed by atoms with Gasteiger partial charge in [-0.25, -0.2) is 0 Å². The van der Waals surface area contributed by atoms with Crippen molar-refractivity contribution in [2.75, 3.05) is 0 Å². The number of ketones is 1. The average molecular weight is 154 g/mol. The van der Waals surface area contributed by atoms with E-state index in [-0.39, 0.29) is 11.7 Å². The molecule has 0 aromatic heterocycles. The highest BCUT2D eigenvalue weighted by Crippen LogP contribution is 1.99. The van der Waals surface area contributed by atoms with E-state index in [2.05, 4.69) is 6.92 Å². The minimum atomic E-state index is 0.146. The van der Waals surface area contributed by atoms with Crippen LogP contribution in [0.25, 0.3) is 0 Å². The zero-order chi connectivity index (χ0) is 8.69. The molecule has 0 amide bonds. The Kier molecular flexibility index (Phi) is 5.81. The molecule has 0 unspecified atom stereocenters. The van der Waals surface area contributed by atoms with Crippen molar-refractivity contribution < 1.29 is 4.79 Å². The fourth-order valence-corrected chi connectivity index (χ4v) is 0.714. The maximum atomic E-state index is 11.0. The van der Waals surface area contributed by atoms with E-state index in [0.29, 0.717) is 0 Å². The summed E-state index contributed by atoms with van der Waals surface area (Å²) in [6.45, 7) is 6.00. The third-order valence-corrected chi connectivity index (χ3v) is 1.58. The molecule has 0 aliphatic rings. The zero-order valence-electron chi connectivity index (χ0n) is 7.76. The van der Waals surface area contributed by atoms with Gasteiger partial charge in [0.25, 0.3) is 0 Å². The lowest BCUT2D eigenvalue weighted by Gasteiger charge is -1.95. The molecule has 0 bridgehead atoms. The highest BCUT2D eigenvalue weighted by Gasteiger charge is 2.00. The molecule has 0 fully saturated rings. The third kappa shape index (κ3) is 5.84. The summed E-state index contributed by atoms with van der Waals surface area (Å²) < 4.78 is 0. The predicted octanol–water partition coefficient (Wildman–Crippen LogP) is 2.96. The molecule has 0 rings (SSSR count). The van der Waals surface area contributed by atoms with Gasteiger partial charge in [0, 0.05) is 5.92 Å². The number of hydrogen-bond acceptors (Lipinski definition) is 1. The Bertz CT molecular complexity index is 134. The van der Waals surface area contributed by atoms with Crippen molar-refractivity contribution in [3.05, 3.63) is 12.2 Å². The standard InChI is InChI=1S/C10H18O/c1-4-5-6-7-8-10(11)9(2)3/h7-9H,4-6H2,1-3H3/b8-7-. The van der Waals surface area contributed by atoms with E-state index in [4.69, 9.17) is 0 Å². The van der Waals surface area contributed by atoms with Gasteiger partial charge in [0.2, 0.25) is 0 Å². The van der Waals surface area contributed by atoms with Gasteiger partial charge in [-0.05, 0) is 12.5 Å². The quantitative estimate of drug-likeness (QED) is 0.439. The monoisotopic (exact) mass is 154 g/mol. The molecule has 0 spiro atoms. The fourth-order valence-electron chi connectivity index (χ4n) is 0.714. The predicted molar refractivity (Wildman–Crippen MR) is 48.5 cm³/mol. The van der Waals surface area contributed by atoms with Crippen LogP contribution in [0.1, 0.15) is 40.0 Å². The second-order valence-electron chi connectivity index (χ2n) is 3.10. The van der Waals surface area contributed by atoms with Gasteiger partial charge < -0.3 is 0 Å². The molecule has 1 nitrogen and oxygen atoms in total. The van der Waals surface area contributed by atoms with Gasteiger partial charge in [-0.3, -0.25) is 4.79 Å². The molecule has 0 aliphatic heterocycles. The number of allylic oxidation sites excluding steroid dienone is 2. The lowest BCUT2D eigenvalue weighted by molar-refractivity contribution is -0.117. The lowest BCUT2D eigenvalue weighted by Crippen LogP contribution is -2.01. The molecule has 0 radical (unpaired) electrons. The fraction of sp³-hybridized carbons (Fsp3) is 0.700. The van der Waals surface area contributed by atoms with Crippen molar-refractivity contribution in [2.45, 2.75) is 40.0 Å². The largest absolute Gasteiger partial charge is 0.295 e. The summed E-state index contributed by atoms with van der Waals surface area (Å²) in [6.07, 6.45) is 7.10. The van der Waals surface area contributed by atoms with Crippen LogP contribution in [0.4, 0.5) is 0 Å². The average Bonchev–Trinajstić information content (AvgIpc) is 1.97.